The minimum absolute atomic E-state index is 0. The van der Waals surface area contributed by atoms with E-state index in [0.717, 1.165) is 51.4 Å². The van der Waals surface area contributed by atoms with Crippen LogP contribution in [0.1, 0.15) is 51.4 Å². The zero-order valence-electron chi connectivity index (χ0n) is 18.6. The maximum absolute atomic E-state index is 9.75. The van der Waals surface area contributed by atoms with Gasteiger partial charge in [-0.05, 0) is 49.9 Å². The van der Waals surface area contributed by atoms with E-state index in [-0.39, 0.29) is 40.8 Å². The van der Waals surface area contributed by atoms with Crippen LogP contribution in [0.5, 0.6) is 0 Å². The first-order valence-electron chi connectivity index (χ1n) is 11.6. The van der Waals surface area contributed by atoms with E-state index in [9.17, 15) is 10.2 Å². The molecule has 4 rings (SSSR count). The van der Waals surface area contributed by atoms with E-state index in [1.807, 2.05) is 0 Å². The van der Waals surface area contributed by atoms with Crippen molar-refractivity contribution in [2.45, 2.75) is 75.7 Å². The average molecular weight is 498 g/mol. The van der Waals surface area contributed by atoms with E-state index in [1.54, 1.807) is 0 Å². The molecule has 0 radical (unpaired) electrons. The summed E-state index contributed by atoms with van der Waals surface area (Å²) in [5.74, 6) is 2.09. The Morgan fingerprint density at radius 1 is 0.688 bits per heavy atom. The summed E-state index contributed by atoms with van der Waals surface area (Å²) in [6.45, 7) is 3.96. The van der Waals surface area contributed by atoms with Gasteiger partial charge in [0.2, 0.25) is 0 Å². The molecule has 2 aliphatic rings. The van der Waals surface area contributed by atoms with Gasteiger partial charge in [-0.3, -0.25) is 0 Å². The molecule has 6 heteroatoms. The molecule has 2 aromatic rings. The van der Waals surface area contributed by atoms with Gasteiger partial charge in [-0.15, -0.1) is 0 Å². The summed E-state index contributed by atoms with van der Waals surface area (Å²) in [6.07, 6.45) is 7.38. The van der Waals surface area contributed by atoms with Gasteiger partial charge < -0.3 is 10.2 Å². The van der Waals surface area contributed by atoms with Gasteiger partial charge in [-0.1, -0.05) is 68.7 Å². The molecular weight excluding hydrogens is 462 g/mol. The minimum Gasteiger partial charge on any atom is -0.391 e. The molecule has 0 amide bonds. The van der Waals surface area contributed by atoms with Crippen molar-refractivity contribution in [3.8, 4) is 0 Å². The minimum atomic E-state index is -0.775. The van der Waals surface area contributed by atoms with Gasteiger partial charge >= 0.3 is 0 Å². The largest absolute Gasteiger partial charge is 0.391 e. The zero-order valence-corrected chi connectivity index (χ0v) is 20.6. The SMILES string of the molecule is C=C[PH+](c1ccccc1)c1ccccc1.OC1CCCCC1N=NC1CCCCC1O.[Ni]. The van der Waals surface area contributed by atoms with Crippen molar-refractivity contribution >= 4 is 18.5 Å². The van der Waals surface area contributed by atoms with Crippen molar-refractivity contribution in [1.29, 1.82) is 0 Å². The number of benzene rings is 2. The fourth-order valence-electron chi connectivity index (χ4n) is 4.26. The summed E-state index contributed by atoms with van der Waals surface area (Å²) in [5.41, 5.74) is 0. The van der Waals surface area contributed by atoms with Crippen molar-refractivity contribution in [3.05, 3.63) is 73.1 Å². The molecule has 4 unspecified atom stereocenters. The van der Waals surface area contributed by atoms with Gasteiger partial charge in [-0.25, -0.2) is 0 Å². The number of hydrogen-bond acceptors (Lipinski definition) is 4. The van der Waals surface area contributed by atoms with Crippen LogP contribution in [0.2, 0.25) is 0 Å². The Bertz CT molecular complexity index is 742. The molecule has 2 N–H and O–H groups in total. The van der Waals surface area contributed by atoms with E-state index >= 15 is 0 Å². The molecule has 2 saturated carbocycles. The number of nitrogens with zero attached hydrogens (tertiary/aromatic N) is 2. The van der Waals surface area contributed by atoms with Crippen LogP contribution in [0.25, 0.3) is 0 Å². The number of aliphatic hydroxyl groups excluding tert-OH is 2. The van der Waals surface area contributed by atoms with Crippen LogP contribution in [0, 0.1) is 0 Å². The van der Waals surface area contributed by atoms with E-state index in [4.69, 9.17) is 0 Å². The first-order valence-corrected chi connectivity index (χ1v) is 13.1. The summed E-state index contributed by atoms with van der Waals surface area (Å²) in [5, 5.41) is 30.8. The molecule has 4 atom stereocenters. The number of rotatable bonds is 5. The molecule has 0 saturated heterocycles. The number of hydrogen-bond donors (Lipinski definition) is 2. The van der Waals surface area contributed by atoms with Crippen LogP contribution in [0.4, 0.5) is 0 Å². The smallest absolute Gasteiger partial charge is 0.101 e. The average Bonchev–Trinajstić information content (AvgIpc) is 2.82. The standard InChI is InChI=1S/C14H13P.C12H22N2O2.Ni/c1-2-15(13-9-5-3-6-10-13)14-11-7-4-8-12-14;15-11-7-3-1-5-9(11)13-14-10-6-2-4-8-12(10)16;/h2-12H,1H2;9-12,15-16H,1-8H2;/p+1. The fraction of sp³-hybridized carbons (Fsp3) is 0.462. The summed E-state index contributed by atoms with van der Waals surface area (Å²) in [7, 11) is -0.775. The molecule has 0 spiro atoms. The van der Waals surface area contributed by atoms with E-state index in [0.29, 0.717) is 0 Å². The van der Waals surface area contributed by atoms with E-state index in [2.05, 4.69) is 83.3 Å². The summed E-state index contributed by atoms with van der Waals surface area (Å²) in [6, 6.07) is 21.1. The molecule has 0 aliphatic heterocycles. The third kappa shape index (κ3) is 8.20. The van der Waals surface area contributed by atoms with Gasteiger partial charge in [0.25, 0.3) is 0 Å². The Labute approximate surface area is 203 Å². The predicted molar refractivity (Wildman–Crippen MR) is 132 cm³/mol. The van der Waals surface area contributed by atoms with Gasteiger partial charge in [-0.2, -0.15) is 10.2 Å². The molecule has 2 aliphatic carbocycles. The summed E-state index contributed by atoms with van der Waals surface area (Å²) >= 11 is 0. The zero-order chi connectivity index (χ0) is 21.9. The molecule has 0 heterocycles. The van der Waals surface area contributed by atoms with Crippen molar-refractivity contribution in [3.63, 3.8) is 0 Å². The Balaban J connectivity index is 0.000000220. The molecular formula is C26H36N2NiO2P+. The second-order valence-corrected chi connectivity index (χ2v) is 10.8. The van der Waals surface area contributed by atoms with Crippen LogP contribution in [0.15, 0.2) is 83.3 Å². The van der Waals surface area contributed by atoms with Crippen LogP contribution in [0.3, 0.4) is 0 Å². The first-order chi connectivity index (χ1) is 15.2. The van der Waals surface area contributed by atoms with Gasteiger partial charge in [0.1, 0.15) is 10.6 Å². The molecule has 4 nitrogen and oxygen atoms in total. The maximum Gasteiger partial charge on any atom is 0.101 e. The van der Waals surface area contributed by atoms with Crippen LogP contribution < -0.4 is 10.6 Å². The second-order valence-electron chi connectivity index (χ2n) is 8.42. The molecule has 32 heavy (non-hydrogen) atoms. The number of aliphatic hydroxyl groups is 2. The molecule has 0 bridgehead atoms. The van der Waals surface area contributed by atoms with E-state index in [1.165, 1.54) is 10.6 Å². The number of azo groups is 1. The van der Waals surface area contributed by atoms with Gasteiger partial charge in [0.05, 0.1) is 38.0 Å². The predicted octanol–water partition coefficient (Wildman–Crippen LogP) is 5.04. The normalized spacial score (nSPS) is 25.5. The van der Waals surface area contributed by atoms with Crippen molar-refractivity contribution in [1.82, 2.24) is 0 Å². The van der Waals surface area contributed by atoms with Crippen molar-refractivity contribution < 1.29 is 26.7 Å². The van der Waals surface area contributed by atoms with Crippen LogP contribution >= 0.6 is 7.92 Å². The second kappa shape index (κ2) is 14.7. The van der Waals surface area contributed by atoms with Gasteiger partial charge in [0, 0.05) is 16.5 Å². The van der Waals surface area contributed by atoms with Crippen molar-refractivity contribution in [2.75, 3.05) is 0 Å². The third-order valence-electron chi connectivity index (χ3n) is 6.12. The van der Waals surface area contributed by atoms with E-state index < -0.39 is 7.92 Å². The van der Waals surface area contributed by atoms with Crippen molar-refractivity contribution in [2.24, 2.45) is 10.2 Å². The Morgan fingerprint density at radius 3 is 1.41 bits per heavy atom. The topological polar surface area (TPSA) is 65.2 Å². The first kappa shape index (κ1) is 26.9. The Hall–Kier alpha value is -1.38. The molecule has 2 fully saturated rings. The van der Waals surface area contributed by atoms with Crippen LogP contribution in [-0.4, -0.2) is 34.5 Å². The molecule has 0 aromatic heterocycles. The van der Waals surface area contributed by atoms with Crippen LogP contribution in [-0.2, 0) is 16.5 Å². The maximum atomic E-state index is 9.75. The Kier molecular flexibility index (Phi) is 12.4. The summed E-state index contributed by atoms with van der Waals surface area (Å²) in [4.78, 5) is 0. The molecule has 2 aromatic carbocycles. The monoisotopic (exact) mass is 497 g/mol. The summed E-state index contributed by atoms with van der Waals surface area (Å²) < 4.78 is 0. The van der Waals surface area contributed by atoms with Gasteiger partial charge in [0.15, 0.2) is 0 Å². The molecule has 176 valence electrons. The quantitative estimate of drug-likeness (QED) is 0.345. The third-order valence-corrected chi connectivity index (χ3v) is 8.44. The Morgan fingerprint density at radius 2 is 1.06 bits per heavy atom. The fourth-order valence-corrected chi connectivity index (χ4v) is 6.17.